The molecule has 0 radical (unpaired) electrons. The standard InChI is InChI=1S/C61H99NO6/c1-5-9-12-15-18-21-24-27-31-37-46-65-58-51-54(50-56(53-62)55-41-43-57(44-42-55)64-45-36-34-30-35-39-48-67-60(63)8-4)52-59(66-47-38-32-28-25-22-19-16-13-10-6-2)61(58)68-49-40-33-29-26-23-20-17-14-11-7-3/h8,41-44,50-52H,4-7,9-40,45-49H2,1-3H3/b56-50+. The van der Waals surface area contributed by atoms with Crippen LogP contribution in [0.25, 0.3) is 11.6 Å². The zero-order valence-electron chi connectivity index (χ0n) is 44.0. The summed E-state index contributed by atoms with van der Waals surface area (Å²) in [5.74, 6) is 2.54. The van der Waals surface area contributed by atoms with Crippen molar-refractivity contribution in [3.63, 3.8) is 0 Å². The zero-order chi connectivity index (χ0) is 48.8. The molecule has 0 aromatic heterocycles. The molecule has 2 rings (SSSR count). The summed E-state index contributed by atoms with van der Waals surface area (Å²) >= 11 is 0. The van der Waals surface area contributed by atoms with Gasteiger partial charge in [0.2, 0.25) is 5.75 Å². The van der Waals surface area contributed by atoms with Gasteiger partial charge in [-0.25, -0.2) is 4.79 Å². The number of allylic oxidation sites excluding steroid dienone is 1. The number of esters is 1. The second-order valence-corrected chi connectivity index (χ2v) is 19.1. The lowest BCUT2D eigenvalue weighted by atomic mass is 10.0. The Morgan fingerprint density at radius 1 is 0.471 bits per heavy atom. The highest BCUT2D eigenvalue weighted by Crippen LogP contribution is 2.41. The molecule has 0 amide bonds. The summed E-state index contributed by atoms with van der Waals surface area (Å²) in [6.45, 7) is 13.2. The van der Waals surface area contributed by atoms with Crippen molar-refractivity contribution in [3.05, 3.63) is 60.2 Å². The second kappa shape index (κ2) is 44.3. The van der Waals surface area contributed by atoms with Gasteiger partial charge in [-0.15, -0.1) is 0 Å². The fraction of sp³-hybridized carbons (Fsp3) is 0.705. The van der Waals surface area contributed by atoms with E-state index in [1.54, 1.807) is 0 Å². The maximum Gasteiger partial charge on any atom is 0.330 e. The van der Waals surface area contributed by atoms with Crippen molar-refractivity contribution in [3.8, 4) is 29.1 Å². The Labute approximate surface area is 417 Å². The summed E-state index contributed by atoms with van der Waals surface area (Å²) in [4.78, 5) is 11.2. The highest BCUT2D eigenvalue weighted by molar-refractivity contribution is 5.90. The van der Waals surface area contributed by atoms with E-state index in [-0.39, 0.29) is 5.97 Å². The van der Waals surface area contributed by atoms with E-state index in [4.69, 9.17) is 23.7 Å². The number of ether oxygens (including phenoxy) is 5. The van der Waals surface area contributed by atoms with Crippen LogP contribution in [0.3, 0.4) is 0 Å². The number of nitrogens with zero attached hydrogens (tertiary/aromatic N) is 1. The van der Waals surface area contributed by atoms with Crippen LogP contribution < -0.4 is 18.9 Å². The van der Waals surface area contributed by atoms with E-state index >= 15 is 0 Å². The minimum Gasteiger partial charge on any atom is -0.494 e. The van der Waals surface area contributed by atoms with Gasteiger partial charge in [-0.05, 0) is 85.7 Å². The van der Waals surface area contributed by atoms with Crippen molar-refractivity contribution in [2.24, 2.45) is 0 Å². The number of unbranched alkanes of at least 4 members (excludes halogenated alkanes) is 31. The highest BCUT2D eigenvalue weighted by atomic mass is 16.5. The first-order chi connectivity index (χ1) is 33.6. The largest absolute Gasteiger partial charge is 0.494 e. The van der Waals surface area contributed by atoms with Crippen molar-refractivity contribution < 1.29 is 28.5 Å². The predicted octanol–water partition coefficient (Wildman–Crippen LogP) is 18.7. The number of hydrogen-bond donors (Lipinski definition) is 0. The van der Waals surface area contributed by atoms with Crippen molar-refractivity contribution in [1.82, 2.24) is 0 Å². The molecule has 0 spiro atoms. The van der Waals surface area contributed by atoms with Gasteiger partial charge in [0.15, 0.2) is 11.5 Å². The molecule has 0 heterocycles. The Morgan fingerprint density at radius 3 is 1.18 bits per heavy atom. The molecule has 2 aromatic rings. The van der Waals surface area contributed by atoms with Crippen molar-refractivity contribution in [2.45, 2.75) is 245 Å². The Morgan fingerprint density at radius 2 is 0.809 bits per heavy atom. The first-order valence-electron chi connectivity index (χ1n) is 28.3. The molecule has 0 atom stereocenters. The predicted molar refractivity (Wildman–Crippen MR) is 288 cm³/mol. The molecule has 0 saturated heterocycles. The fourth-order valence-corrected chi connectivity index (χ4v) is 8.58. The van der Waals surface area contributed by atoms with Crippen LogP contribution in [0.4, 0.5) is 0 Å². The second-order valence-electron chi connectivity index (χ2n) is 19.1. The quantitative estimate of drug-likeness (QED) is 0.0215. The molecular weight excluding hydrogens is 843 g/mol. The molecule has 68 heavy (non-hydrogen) atoms. The molecule has 0 saturated carbocycles. The molecule has 0 N–H and O–H groups in total. The van der Waals surface area contributed by atoms with E-state index in [9.17, 15) is 10.1 Å². The Kier molecular flexibility index (Phi) is 39.2. The lowest BCUT2D eigenvalue weighted by Gasteiger charge is -2.18. The van der Waals surface area contributed by atoms with Gasteiger partial charge in [-0.2, -0.15) is 5.26 Å². The molecule has 0 aliphatic carbocycles. The minimum absolute atomic E-state index is 0.363. The molecule has 0 aliphatic heterocycles. The van der Waals surface area contributed by atoms with Crippen LogP contribution in [0.1, 0.15) is 257 Å². The van der Waals surface area contributed by atoms with Crippen molar-refractivity contribution >= 4 is 17.6 Å². The fourth-order valence-electron chi connectivity index (χ4n) is 8.58. The van der Waals surface area contributed by atoms with Crippen LogP contribution in [0, 0.1) is 11.3 Å². The smallest absolute Gasteiger partial charge is 0.330 e. The van der Waals surface area contributed by atoms with Gasteiger partial charge in [-0.1, -0.05) is 220 Å². The van der Waals surface area contributed by atoms with Crippen LogP contribution in [0.2, 0.25) is 0 Å². The van der Waals surface area contributed by atoms with Gasteiger partial charge in [0, 0.05) is 6.08 Å². The number of benzene rings is 2. The van der Waals surface area contributed by atoms with Gasteiger partial charge in [-0.3, -0.25) is 0 Å². The molecular formula is C61H99NO6. The number of carbonyl (C=O) groups excluding carboxylic acids is 1. The topological polar surface area (TPSA) is 87.0 Å². The van der Waals surface area contributed by atoms with Gasteiger partial charge >= 0.3 is 5.97 Å². The first kappa shape index (κ1) is 60.2. The molecule has 0 fully saturated rings. The third-order valence-corrected chi connectivity index (χ3v) is 12.9. The summed E-state index contributed by atoms with van der Waals surface area (Å²) in [7, 11) is 0. The highest BCUT2D eigenvalue weighted by Gasteiger charge is 2.17. The molecule has 0 aliphatic rings. The van der Waals surface area contributed by atoms with Gasteiger partial charge in [0.25, 0.3) is 0 Å². The Hall–Kier alpha value is -3.92. The normalized spacial score (nSPS) is 11.4. The average molecular weight is 942 g/mol. The van der Waals surface area contributed by atoms with E-state index in [0.717, 1.165) is 87.5 Å². The lowest BCUT2D eigenvalue weighted by molar-refractivity contribution is -0.137. The maximum absolute atomic E-state index is 11.2. The molecule has 7 nitrogen and oxygen atoms in total. The Balaban J connectivity index is 2.16. The molecule has 2 aromatic carbocycles. The summed E-state index contributed by atoms with van der Waals surface area (Å²) in [6, 6.07) is 14.4. The van der Waals surface area contributed by atoms with Gasteiger partial charge in [0.1, 0.15) is 5.75 Å². The third kappa shape index (κ3) is 32.0. The summed E-state index contributed by atoms with van der Waals surface area (Å²) < 4.78 is 31.0. The number of nitriles is 1. The Bertz CT molecular complexity index is 1530. The van der Waals surface area contributed by atoms with E-state index in [1.165, 1.54) is 160 Å². The van der Waals surface area contributed by atoms with Crippen molar-refractivity contribution in [1.29, 1.82) is 5.26 Å². The van der Waals surface area contributed by atoms with Crippen LogP contribution in [-0.4, -0.2) is 39.0 Å². The molecule has 384 valence electrons. The molecule has 0 bridgehead atoms. The van der Waals surface area contributed by atoms with E-state index in [1.807, 2.05) is 42.5 Å². The van der Waals surface area contributed by atoms with Crippen LogP contribution in [0.5, 0.6) is 23.0 Å². The number of hydrogen-bond acceptors (Lipinski definition) is 7. The molecule has 0 unspecified atom stereocenters. The zero-order valence-corrected chi connectivity index (χ0v) is 44.0. The molecule has 7 heteroatoms. The van der Waals surface area contributed by atoms with Crippen LogP contribution >= 0.6 is 0 Å². The van der Waals surface area contributed by atoms with E-state index < -0.39 is 0 Å². The van der Waals surface area contributed by atoms with Gasteiger partial charge in [0.05, 0.1) is 44.7 Å². The summed E-state index contributed by atoms with van der Waals surface area (Å²) in [5, 5.41) is 10.5. The average Bonchev–Trinajstić information content (AvgIpc) is 3.35. The summed E-state index contributed by atoms with van der Waals surface area (Å²) in [6.07, 6.45) is 46.3. The number of rotatable bonds is 48. The van der Waals surface area contributed by atoms with Crippen LogP contribution in [0.15, 0.2) is 49.1 Å². The van der Waals surface area contributed by atoms with E-state index in [0.29, 0.717) is 55.9 Å². The summed E-state index contributed by atoms with van der Waals surface area (Å²) in [5.41, 5.74) is 2.26. The first-order valence-corrected chi connectivity index (χ1v) is 28.3. The third-order valence-electron chi connectivity index (χ3n) is 12.9. The number of carbonyl (C=O) groups is 1. The maximum atomic E-state index is 11.2. The minimum atomic E-state index is -0.363. The lowest BCUT2D eigenvalue weighted by Crippen LogP contribution is -2.07. The van der Waals surface area contributed by atoms with E-state index in [2.05, 4.69) is 33.4 Å². The SMILES string of the molecule is C=CC(=O)OCCCCCCCOc1ccc(/C(C#N)=C/c2cc(OCCCCCCCCCCCC)c(OCCCCCCCCCCCC)c(OCCCCCCCCCCCC)c2)cc1. The monoisotopic (exact) mass is 942 g/mol. The van der Waals surface area contributed by atoms with Crippen LogP contribution in [-0.2, 0) is 9.53 Å². The van der Waals surface area contributed by atoms with Crippen molar-refractivity contribution in [2.75, 3.05) is 33.0 Å². The van der Waals surface area contributed by atoms with Gasteiger partial charge < -0.3 is 23.7 Å².